The fourth-order valence-electron chi connectivity index (χ4n) is 3.44. The van der Waals surface area contributed by atoms with Crippen LogP contribution in [0.3, 0.4) is 0 Å². The van der Waals surface area contributed by atoms with E-state index in [-0.39, 0.29) is 0 Å². The molecule has 1 fully saturated rings. The van der Waals surface area contributed by atoms with E-state index in [4.69, 9.17) is 0 Å². The Morgan fingerprint density at radius 1 is 1.40 bits per heavy atom. The van der Waals surface area contributed by atoms with Crippen LogP contribution in [0.2, 0.25) is 0 Å². The van der Waals surface area contributed by atoms with Crippen LogP contribution in [0.25, 0.3) is 0 Å². The molecular formula is C16H27BrN2O. The summed E-state index contributed by atoms with van der Waals surface area (Å²) in [5, 5.41) is 15.4. The molecule has 0 amide bonds. The number of rotatable bonds is 3. The SMILES string of the molecule is Cc1nn(C)c(CC2(O)CCCC(C(C)C)CC2)c1Br. The van der Waals surface area contributed by atoms with Gasteiger partial charge in [-0.3, -0.25) is 4.68 Å². The van der Waals surface area contributed by atoms with Gasteiger partial charge in [-0.1, -0.05) is 26.7 Å². The molecule has 4 heteroatoms. The highest BCUT2D eigenvalue weighted by Crippen LogP contribution is 2.37. The predicted molar refractivity (Wildman–Crippen MR) is 85.7 cm³/mol. The van der Waals surface area contributed by atoms with Gasteiger partial charge in [-0.05, 0) is 54.0 Å². The summed E-state index contributed by atoms with van der Waals surface area (Å²) >= 11 is 3.61. The average Bonchev–Trinajstić information content (AvgIpc) is 2.56. The molecule has 1 aromatic rings. The second kappa shape index (κ2) is 6.18. The van der Waals surface area contributed by atoms with Gasteiger partial charge in [-0.2, -0.15) is 5.10 Å². The summed E-state index contributed by atoms with van der Waals surface area (Å²) in [6.07, 6.45) is 6.05. The first kappa shape index (κ1) is 16.0. The molecule has 0 bridgehead atoms. The highest BCUT2D eigenvalue weighted by Gasteiger charge is 2.33. The van der Waals surface area contributed by atoms with Gasteiger partial charge in [-0.25, -0.2) is 0 Å². The summed E-state index contributed by atoms with van der Waals surface area (Å²) in [4.78, 5) is 0. The lowest BCUT2D eigenvalue weighted by Gasteiger charge is -2.27. The largest absolute Gasteiger partial charge is 0.389 e. The van der Waals surface area contributed by atoms with Crippen molar-refractivity contribution in [2.45, 2.75) is 64.9 Å². The summed E-state index contributed by atoms with van der Waals surface area (Å²) in [6.45, 7) is 6.60. The summed E-state index contributed by atoms with van der Waals surface area (Å²) in [6, 6.07) is 0. The van der Waals surface area contributed by atoms with Crippen LogP contribution in [-0.4, -0.2) is 20.5 Å². The number of aliphatic hydroxyl groups is 1. The van der Waals surface area contributed by atoms with Crippen molar-refractivity contribution in [3.63, 3.8) is 0 Å². The molecule has 20 heavy (non-hydrogen) atoms. The Bertz CT molecular complexity index is 469. The molecule has 114 valence electrons. The Morgan fingerprint density at radius 2 is 2.10 bits per heavy atom. The predicted octanol–water partition coefficient (Wildman–Crippen LogP) is 4.00. The van der Waals surface area contributed by atoms with Crippen molar-refractivity contribution in [3.05, 3.63) is 15.9 Å². The number of hydrogen-bond donors (Lipinski definition) is 1. The molecule has 1 aliphatic rings. The number of nitrogens with zero attached hydrogens (tertiary/aromatic N) is 2. The van der Waals surface area contributed by atoms with Crippen LogP contribution in [-0.2, 0) is 13.5 Å². The number of halogens is 1. The lowest BCUT2D eigenvalue weighted by Crippen LogP contribution is -2.32. The zero-order valence-electron chi connectivity index (χ0n) is 13.1. The summed E-state index contributed by atoms with van der Waals surface area (Å²) in [5.74, 6) is 1.49. The number of hydrogen-bond acceptors (Lipinski definition) is 2. The van der Waals surface area contributed by atoms with Crippen LogP contribution >= 0.6 is 15.9 Å². The average molecular weight is 343 g/mol. The van der Waals surface area contributed by atoms with Gasteiger partial charge in [0.05, 0.1) is 21.5 Å². The van der Waals surface area contributed by atoms with Crippen LogP contribution in [0.5, 0.6) is 0 Å². The van der Waals surface area contributed by atoms with Crippen LogP contribution in [0.4, 0.5) is 0 Å². The first-order valence-electron chi connectivity index (χ1n) is 7.73. The first-order chi connectivity index (χ1) is 9.32. The van der Waals surface area contributed by atoms with Crippen LogP contribution in [0.15, 0.2) is 4.47 Å². The van der Waals surface area contributed by atoms with Gasteiger partial charge in [0.15, 0.2) is 0 Å². The van der Waals surface area contributed by atoms with Gasteiger partial charge in [0.25, 0.3) is 0 Å². The number of aryl methyl sites for hydroxylation is 2. The molecule has 0 aliphatic heterocycles. The second-order valence-corrected chi connectivity index (χ2v) is 7.60. The zero-order valence-corrected chi connectivity index (χ0v) is 14.7. The van der Waals surface area contributed by atoms with E-state index in [1.54, 1.807) is 0 Å². The van der Waals surface area contributed by atoms with E-state index in [1.165, 1.54) is 6.42 Å². The van der Waals surface area contributed by atoms with E-state index in [0.29, 0.717) is 6.42 Å². The maximum atomic E-state index is 11.0. The maximum Gasteiger partial charge on any atom is 0.0738 e. The monoisotopic (exact) mass is 342 g/mol. The molecule has 1 aromatic heterocycles. The van der Waals surface area contributed by atoms with E-state index in [9.17, 15) is 5.11 Å². The molecule has 0 saturated heterocycles. The van der Waals surface area contributed by atoms with E-state index < -0.39 is 5.60 Å². The molecule has 1 aliphatic carbocycles. The summed E-state index contributed by atoms with van der Waals surface area (Å²) in [5.41, 5.74) is 1.56. The van der Waals surface area contributed by atoms with Gasteiger partial charge < -0.3 is 5.11 Å². The molecule has 0 spiro atoms. The zero-order chi connectivity index (χ0) is 14.9. The summed E-state index contributed by atoms with van der Waals surface area (Å²) < 4.78 is 2.96. The third kappa shape index (κ3) is 3.45. The van der Waals surface area contributed by atoms with Crippen molar-refractivity contribution in [2.75, 3.05) is 0 Å². The molecule has 1 N–H and O–H groups in total. The van der Waals surface area contributed by atoms with E-state index >= 15 is 0 Å². The van der Waals surface area contributed by atoms with Crippen molar-refractivity contribution < 1.29 is 5.11 Å². The third-order valence-corrected chi connectivity index (χ3v) is 5.93. The summed E-state index contributed by atoms with van der Waals surface area (Å²) in [7, 11) is 1.96. The molecule has 0 aromatic carbocycles. The quantitative estimate of drug-likeness (QED) is 0.843. The van der Waals surface area contributed by atoms with E-state index in [0.717, 1.165) is 53.4 Å². The van der Waals surface area contributed by atoms with Gasteiger partial charge in [-0.15, -0.1) is 0 Å². The van der Waals surface area contributed by atoms with Crippen molar-refractivity contribution in [1.29, 1.82) is 0 Å². The Labute approximate surface area is 130 Å². The molecule has 3 nitrogen and oxygen atoms in total. The molecule has 1 saturated carbocycles. The fraction of sp³-hybridized carbons (Fsp3) is 0.812. The Balaban J connectivity index is 2.11. The highest BCUT2D eigenvalue weighted by molar-refractivity contribution is 9.10. The van der Waals surface area contributed by atoms with Crippen molar-refractivity contribution in [3.8, 4) is 0 Å². The molecule has 2 unspecified atom stereocenters. The Kier molecular flexibility index (Phi) is 4.96. The van der Waals surface area contributed by atoms with Crippen molar-refractivity contribution in [2.24, 2.45) is 18.9 Å². The molecule has 2 rings (SSSR count). The van der Waals surface area contributed by atoms with Crippen LogP contribution < -0.4 is 0 Å². The van der Waals surface area contributed by atoms with E-state index in [2.05, 4.69) is 34.9 Å². The first-order valence-corrected chi connectivity index (χ1v) is 8.52. The molecule has 2 atom stereocenters. The number of aromatic nitrogens is 2. The second-order valence-electron chi connectivity index (χ2n) is 6.81. The minimum atomic E-state index is -0.563. The fourth-order valence-corrected chi connectivity index (χ4v) is 3.92. The normalized spacial score (nSPS) is 27.9. The van der Waals surface area contributed by atoms with E-state index in [1.807, 2.05) is 18.7 Å². The smallest absolute Gasteiger partial charge is 0.0738 e. The molecule has 0 radical (unpaired) electrons. The minimum absolute atomic E-state index is 0.563. The topological polar surface area (TPSA) is 38.0 Å². The van der Waals surface area contributed by atoms with Gasteiger partial charge >= 0.3 is 0 Å². The Hall–Kier alpha value is -0.350. The maximum absolute atomic E-state index is 11.0. The van der Waals surface area contributed by atoms with Crippen LogP contribution in [0.1, 0.15) is 57.3 Å². The van der Waals surface area contributed by atoms with Crippen LogP contribution in [0, 0.1) is 18.8 Å². The highest BCUT2D eigenvalue weighted by atomic mass is 79.9. The Morgan fingerprint density at radius 3 is 2.65 bits per heavy atom. The van der Waals surface area contributed by atoms with Gasteiger partial charge in [0.1, 0.15) is 0 Å². The third-order valence-electron chi connectivity index (χ3n) is 4.90. The van der Waals surface area contributed by atoms with Gasteiger partial charge in [0.2, 0.25) is 0 Å². The minimum Gasteiger partial charge on any atom is -0.389 e. The standard InChI is InChI=1S/C16H27BrN2O/c1-11(2)13-6-5-8-16(20,9-7-13)10-14-15(17)12(3)18-19(14)4/h11,13,20H,5-10H2,1-4H3. The lowest BCUT2D eigenvalue weighted by atomic mass is 9.86. The lowest BCUT2D eigenvalue weighted by molar-refractivity contribution is 0.0218. The van der Waals surface area contributed by atoms with Gasteiger partial charge in [0, 0.05) is 13.5 Å². The molecular weight excluding hydrogens is 316 g/mol. The van der Waals surface area contributed by atoms with Crippen molar-refractivity contribution >= 4 is 15.9 Å². The van der Waals surface area contributed by atoms with Crippen molar-refractivity contribution in [1.82, 2.24) is 9.78 Å². The molecule has 1 heterocycles.